The van der Waals surface area contributed by atoms with E-state index < -0.39 is 12.1 Å². The number of hydrogen-bond acceptors (Lipinski definition) is 4. The fraction of sp³-hybridized carbons (Fsp3) is 0.500. The van der Waals surface area contributed by atoms with Crippen molar-refractivity contribution in [3.63, 3.8) is 0 Å². The molecule has 0 aromatic heterocycles. The predicted molar refractivity (Wildman–Crippen MR) is 86.3 cm³/mol. The van der Waals surface area contributed by atoms with E-state index in [4.69, 9.17) is 9.84 Å². The third-order valence-electron chi connectivity index (χ3n) is 3.57. The minimum atomic E-state index is -0.877. The van der Waals surface area contributed by atoms with Crippen LogP contribution in [0.15, 0.2) is 24.3 Å². The van der Waals surface area contributed by atoms with Gasteiger partial charge in [-0.05, 0) is 31.5 Å². The van der Waals surface area contributed by atoms with E-state index in [-0.39, 0.29) is 18.4 Å². The van der Waals surface area contributed by atoms with E-state index in [0.717, 1.165) is 11.3 Å². The summed E-state index contributed by atoms with van der Waals surface area (Å²) < 4.78 is 5.72. The number of aryl methyl sites for hydroxylation is 1. The molecule has 120 valence electrons. The van der Waals surface area contributed by atoms with Crippen LogP contribution in [0, 0.1) is 6.92 Å². The van der Waals surface area contributed by atoms with Gasteiger partial charge in [0.05, 0.1) is 12.5 Å². The van der Waals surface area contributed by atoms with E-state index in [9.17, 15) is 9.59 Å². The molecule has 2 atom stereocenters. The summed E-state index contributed by atoms with van der Waals surface area (Å²) >= 11 is 1.69. The van der Waals surface area contributed by atoms with Crippen molar-refractivity contribution in [2.24, 2.45) is 0 Å². The highest BCUT2D eigenvalue weighted by molar-refractivity contribution is 7.99. The molecule has 0 bridgehead atoms. The molecular formula is C16H21NO4S. The lowest BCUT2D eigenvalue weighted by molar-refractivity contribution is -0.143. The zero-order valence-corrected chi connectivity index (χ0v) is 13.6. The van der Waals surface area contributed by atoms with Gasteiger partial charge in [0.15, 0.2) is 6.10 Å². The maximum atomic E-state index is 12.6. The van der Waals surface area contributed by atoms with Gasteiger partial charge < -0.3 is 14.7 Å². The second-order valence-corrected chi connectivity index (χ2v) is 6.58. The molecule has 1 heterocycles. The number of nitrogens with zero attached hydrogens (tertiary/aromatic N) is 1. The quantitative estimate of drug-likeness (QED) is 0.899. The molecule has 0 spiro atoms. The molecule has 1 amide bonds. The Balaban J connectivity index is 2.02. The van der Waals surface area contributed by atoms with Gasteiger partial charge in [0.1, 0.15) is 5.75 Å². The highest BCUT2D eigenvalue weighted by atomic mass is 32.2. The molecule has 1 aromatic rings. The van der Waals surface area contributed by atoms with Crippen molar-refractivity contribution in [3.05, 3.63) is 29.8 Å². The van der Waals surface area contributed by atoms with Crippen LogP contribution in [0.2, 0.25) is 0 Å². The Morgan fingerprint density at radius 2 is 2.27 bits per heavy atom. The Kier molecular flexibility index (Phi) is 5.71. The number of rotatable bonds is 5. The lowest BCUT2D eigenvalue weighted by atomic mass is 10.1. The number of thioether (sulfide) groups is 1. The monoisotopic (exact) mass is 323 g/mol. The molecule has 1 aliphatic rings. The first-order chi connectivity index (χ1) is 10.5. The number of amides is 1. The van der Waals surface area contributed by atoms with Crippen LogP contribution in [-0.2, 0) is 9.59 Å². The summed E-state index contributed by atoms with van der Waals surface area (Å²) in [6.07, 6.45) is -0.642. The molecule has 22 heavy (non-hydrogen) atoms. The summed E-state index contributed by atoms with van der Waals surface area (Å²) in [6, 6.07) is 7.28. The van der Waals surface area contributed by atoms with Crippen LogP contribution < -0.4 is 4.74 Å². The van der Waals surface area contributed by atoms with Gasteiger partial charge in [0.2, 0.25) is 0 Å². The Morgan fingerprint density at radius 3 is 2.95 bits per heavy atom. The van der Waals surface area contributed by atoms with Crippen molar-refractivity contribution in [1.29, 1.82) is 0 Å². The van der Waals surface area contributed by atoms with Gasteiger partial charge in [-0.3, -0.25) is 9.59 Å². The first-order valence-corrected chi connectivity index (χ1v) is 8.46. The van der Waals surface area contributed by atoms with Crippen LogP contribution in [-0.4, -0.2) is 52.1 Å². The van der Waals surface area contributed by atoms with Crippen molar-refractivity contribution in [1.82, 2.24) is 4.90 Å². The fourth-order valence-electron chi connectivity index (χ4n) is 2.49. The van der Waals surface area contributed by atoms with Crippen molar-refractivity contribution in [2.45, 2.75) is 32.4 Å². The summed E-state index contributed by atoms with van der Waals surface area (Å²) in [5, 5.41) is 8.99. The lowest BCUT2D eigenvalue weighted by Gasteiger charge is -2.36. The van der Waals surface area contributed by atoms with Gasteiger partial charge in [0.25, 0.3) is 5.91 Å². The third kappa shape index (κ3) is 4.40. The van der Waals surface area contributed by atoms with Crippen LogP contribution >= 0.6 is 11.8 Å². The van der Waals surface area contributed by atoms with Crippen LogP contribution in [0.5, 0.6) is 5.75 Å². The van der Waals surface area contributed by atoms with Crippen molar-refractivity contribution >= 4 is 23.6 Å². The molecule has 1 aliphatic heterocycles. The van der Waals surface area contributed by atoms with Crippen molar-refractivity contribution in [3.8, 4) is 5.75 Å². The number of carbonyl (C=O) groups excluding carboxylic acids is 1. The molecular weight excluding hydrogens is 302 g/mol. The molecule has 2 unspecified atom stereocenters. The van der Waals surface area contributed by atoms with Gasteiger partial charge in [-0.2, -0.15) is 11.8 Å². The molecule has 2 rings (SSSR count). The van der Waals surface area contributed by atoms with Gasteiger partial charge in [0, 0.05) is 18.1 Å². The number of carbonyl (C=O) groups is 2. The van der Waals surface area contributed by atoms with Gasteiger partial charge in [-0.1, -0.05) is 12.1 Å². The zero-order valence-electron chi connectivity index (χ0n) is 12.8. The van der Waals surface area contributed by atoms with Crippen LogP contribution in [0.25, 0.3) is 0 Å². The topological polar surface area (TPSA) is 66.8 Å². The van der Waals surface area contributed by atoms with Crippen LogP contribution in [0.3, 0.4) is 0 Å². The Morgan fingerprint density at radius 1 is 1.50 bits per heavy atom. The molecule has 1 N–H and O–H groups in total. The number of carboxylic acid groups (broad SMARTS) is 1. The summed E-state index contributed by atoms with van der Waals surface area (Å²) in [7, 11) is 0. The first kappa shape index (κ1) is 16.7. The smallest absolute Gasteiger partial charge is 0.305 e. The molecule has 1 fully saturated rings. The number of benzene rings is 1. The van der Waals surface area contributed by atoms with Crippen molar-refractivity contribution < 1.29 is 19.4 Å². The molecule has 0 radical (unpaired) electrons. The van der Waals surface area contributed by atoms with Crippen molar-refractivity contribution in [2.75, 3.05) is 18.1 Å². The average molecular weight is 323 g/mol. The third-order valence-corrected chi connectivity index (χ3v) is 4.66. The standard InChI is InChI=1S/C16H21NO4S/c1-11-4-3-5-14(8-11)21-12(2)16(20)17-6-7-22-10-13(17)9-15(18)19/h3-5,8,12-13H,6-7,9-10H2,1-2H3,(H,18,19). The minimum absolute atomic E-state index is 0.0180. The highest BCUT2D eigenvalue weighted by Crippen LogP contribution is 2.21. The summed E-state index contributed by atoms with van der Waals surface area (Å²) in [6.45, 7) is 4.25. The molecule has 1 saturated heterocycles. The lowest BCUT2D eigenvalue weighted by Crippen LogP contribution is -2.51. The fourth-order valence-corrected chi connectivity index (χ4v) is 3.55. The second-order valence-electron chi connectivity index (χ2n) is 5.43. The highest BCUT2D eigenvalue weighted by Gasteiger charge is 2.32. The van der Waals surface area contributed by atoms with Crippen LogP contribution in [0.4, 0.5) is 0 Å². The van der Waals surface area contributed by atoms with Gasteiger partial charge in [-0.25, -0.2) is 0 Å². The normalized spacial score (nSPS) is 19.5. The first-order valence-electron chi connectivity index (χ1n) is 7.30. The molecule has 0 aliphatic carbocycles. The van der Waals surface area contributed by atoms with E-state index in [2.05, 4.69) is 0 Å². The molecule has 6 heteroatoms. The SMILES string of the molecule is Cc1cccc(OC(C)C(=O)N2CCSCC2CC(=O)O)c1. The maximum absolute atomic E-state index is 12.6. The van der Waals surface area contributed by atoms with Gasteiger partial charge >= 0.3 is 5.97 Å². The molecule has 0 saturated carbocycles. The minimum Gasteiger partial charge on any atom is -0.481 e. The Labute approximate surface area is 134 Å². The summed E-state index contributed by atoms with van der Waals surface area (Å²) in [4.78, 5) is 25.2. The Hall–Kier alpha value is -1.69. The largest absolute Gasteiger partial charge is 0.481 e. The number of aliphatic carboxylic acids is 1. The second kappa shape index (κ2) is 7.54. The average Bonchev–Trinajstić information content (AvgIpc) is 2.46. The zero-order chi connectivity index (χ0) is 16.1. The van der Waals surface area contributed by atoms with E-state index in [0.29, 0.717) is 18.0 Å². The molecule has 1 aromatic carbocycles. The molecule has 5 nitrogen and oxygen atoms in total. The maximum Gasteiger partial charge on any atom is 0.305 e. The number of ether oxygens (including phenoxy) is 1. The van der Waals surface area contributed by atoms with Gasteiger partial charge in [-0.15, -0.1) is 0 Å². The summed E-state index contributed by atoms with van der Waals surface area (Å²) in [5.41, 5.74) is 1.07. The van der Waals surface area contributed by atoms with E-state index >= 15 is 0 Å². The summed E-state index contributed by atoms with van der Waals surface area (Å²) in [5.74, 6) is 1.13. The van der Waals surface area contributed by atoms with E-state index in [1.54, 1.807) is 23.6 Å². The van der Waals surface area contributed by atoms with E-state index in [1.807, 2.05) is 31.2 Å². The number of hydrogen-bond donors (Lipinski definition) is 1. The Bertz CT molecular complexity index is 549. The predicted octanol–water partition coefficient (Wildman–Crippen LogP) is 2.18. The number of carboxylic acids is 1. The van der Waals surface area contributed by atoms with Crippen LogP contribution in [0.1, 0.15) is 18.9 Å². The van der Waals surface area contributed by atoms with E-state index in [1.165, 1.54) is 0 Å².